The average molecular weight is 233 g/mol. The molecule has 0 spiro atoms. The van der Waals surface area contributed by atoms with E-state index in [1.165, 1.54) is 12.1 Å². The quantitative estimate of drug-likeness (QED) is 0.835. The molecule has 0 aromatic heterocycles. The highest BCUT2D eigenvalue weighted by Crippen LogP contribution is 2.29. The van der Waals surface area contributed by atoms with E-state index in [9.17, 15) is 18.3 Å². The summed E-state index contributed by atoms with van der Waals surface area (Å²) in [4.78, 5) is 0. The molecule has 1 aromatic rings. The van der Waals surface area contributed by atoms with Gasteiger partial charge in [0.15, 0.2) is 0 Å². The molecule has 2 nitrogen and oxygen atoms in total. The van der Waals surface area contributed by atoms with Crippen molar-refractivity contribution < 1.29 is 18.3 Å². The Hall–Kier alpha value is -1.07. The van der Waals surface area contributed by atoms with Gasteiger partial charge in [-0.25, -0.2) is 0 Å². The fourth-order valence-corrected chi connectivity index (χ4v) is 1.31. The third-order valence-electron chi connectivity index (χ3n) is 2.32. The van der Waals surface area contributed by atoms with E-state index < -0.39 is 17.8 Å². The molecule has 0 fully saturated rings. The SMILES string of the molecule is NCC(O)CCc1ccc(C(F)(F)F)cc1. The average Bonchev–Trinajstić information content (AvgIpc) is 2.25. The van der Waals surface area contributed by atoms with Crippen molar-refractivity contribution in [1.82, 2.24) is 0 Å². The molecular weight excluding hydrogens is 219 g/mol. The highest BCUT2D eigenvalue weighted by molar-refractivity contribution is 5.24. The first-order valence-corrected chi connectivity index (χ1v) is 4.97. The topological polar surface area (TPSA) is 46.2 Å². The lowest BCUT2D eigenvalue weighted by Gasteiger charge is -2.09. The highest BCUT2D eigenvalue weighted by atomic mass is 19.4. The minimum absolute atomic E-state index is 0.167. The summed E-state index contributed by atoms with van der Waals surface area (Å²) >= 11 is 0. The smallest absolute Gasteiger partial charge is 0.392 e. The molecule has 3 N–H and O–H groups in total. The molecule has 0 aliphatic heterocycles. The van der Waals surface area contributed by atoms with Crippen molar-refractivity contribution in [2.45, 2.75) is 25.1 Å². The van der Waals surface area contributed by atoms with Crippen LogP contribution in [0, 0.1) is 0 Å². The Morgan fingerprint density at radius 1 is 1.19 bits per heavy atom. The fourth-order valence-electron chi connectivity index (χ4n) is 1.31. The van der Waals surface area contributed by atoms with Gasteiger partial charge in [-0.3, -0.25) is 0 Å². The number of hydrogen-bond donors (Lipinski definition) is 2. The number of benzene rings is 1. The van der Waals surface area contributed by atoms with Crippen molar-refractivity contribution in [2.75, 3.05) is 6.54 Å². The molecule has 0 aliphatic rings. The molecule has 0 saturated heterocycles. The van der Waals surface area contributed by atoms with E-state index in [4.69, 9.17) is 5.73 Å². The zero-order valence-electron chi connectivity index (χ0n) is 8.67. The molecule has 0 radical (unpaired) electrons. The standard InChI is InChI=1S/C11H14F3NO/c12-11(13,14)9-4-1-8(2-5-9)3-6-10(16)7-15/h1-2,4-5,10,16H,3,6-7,15H2. The Morgan fingerprint density at radius 3 is 2.19 bits per heavy atom. The van der Waals surface area contributed by atoms with Crippen LogP contribution in [0.3, 0.4) is 0 Å². The van der Waals surface area contributed by atoms with Crippen LogP contribution in [0.2, 0.25) is 0 Å². The number of halogens is 3. The Labute approximate surface area is 91.9 Å². The number of rotatable bonds is 4. The minimum Gasteiger partial charge on any atom is -0.392 e. The third-order valence-corrected chi connectivity index (χ3v) is 2.32. The van der Waals surface area contributed by atoms with Gasteiger partial charge in [-0.15, -0.1) is 0 Å². The van der Waals surface area contributed by atoms with E-state index in [2.05, 4.69) is 0 Å². The molecule has 16 heavy (non-hydrogen) atoms. The molecule has 1 rings (SSSR count). The second-order valence-electron chi connectivity index (χ2n) is 3.62. The summed E-state index contributed by atoms with van der Waals surface area (Å²) in [6.07, 6.45) is -3.91. The zero-order chi connectivity index (χ0) is 12.2. The van der Waals surface area contributed by atoms with E-state index in [0.717, 1.165) is 17.7 Å². The molecule has 0 aliphatic carbocycles. The minimum atomic E-state index is -4.30. The van der Waals surface area contributed by atoms with E-state index in [1.54, 1.807) is 0 Å². The van der Waals surface area contributed by atoms with Crippen LogP contribution in [0.5, 0.6) is 0 Å². The van der Waals surface area contributed by atoms with Crippen molar-refractivity contribution in [2.24, 2.45) is 5.73 Å². The van der Waals surface area contributed by atoms with E-state index in [-0.39, 0.29) is 6.54 Å². The summed E-state index contributed by atoms with van der Waals surface area (Å²) in [5, 5.41) is 9.20. The predicted molar refractivity (Wildman–Crippen MR) is 54.8 cm³/mol. The van der Waals surface area contributed by atoms with Crippen molar-refractivity contribution in [3.63, 3.8) is 0 Å². The van der Waals surface area contributed by atoms with Crippen molar-refractivity contribution in [3.8, 4) is 0 Å². The Morgan fingerprint density at radius 2 is 1.75 bits per heavy atom. The first-order chi connectivity index (χ1) is 7.43. The lowest BCUT2D eigenvalue weighted by molar-refractivity contribution is -0.137. The van der Waals surface area contributed by atoms with Crippen LogP contribution in [0.4, 0.5) is 13.2 Å². The molecule has 90 valence electrons. The van der Waals surface area contributed by atoms with Gasteiger partial charge in [0, 0.05) is 6.54 Å². The van der Waals surface area contributed by atoms with Gasteiger partial charge in [-0.1, -0.05) is 12.1 Å². The number of aliphatic hydroxyl groups is 1. The molecule has 5 heteroatoms. The lowest BCUT2D eigenvalue weighted by atomic mass is 10.0. The third kappa shape index (κ3) is 3.83. The van der Waals surface area contributed by atoms with Gasteiger partial charge in [-0.05, 0) is 30.5 Å². The van der Waals surface area contributed by atoms with Crippen molar-refractivity contribution >= 4 is 0 Å². The van der Waals surface area contributed by atoms with E-state index in [1.807, 2.05) is 0 Å². The molecule has 0 heterocycles. The first kappa shape index (κ1) is 13.0. The normalized spacial score (nSPS) is 13.8. The number of alkyl halides is 3. The second kappa shape index (κ2) is 5.32. The van der Waals surface area contributed by atoms with Gasteiger partial charge in [-0.2, -0.15) is 13.2 Å². The van der Waals surface area contributed by atoms with E-state index in [0.29, 0.717) is 12.8 Å². The monoisotopic (exact) mass is 233 g/mol. The predicted octanol–water partition coefficient (Wildman–Crippen LogP) is 1.96. The van der Waals surface area contributed by atoms with Gasteiger partial charge >= 0.3 is 6.18 Å². The number of nitrogens with two attached hydrogens (primary N) is 1. The van der Waals surface area contributed by atoms with Crippen LogP contribution in [0.15, 0.2) is 24.3 Å². The summed E-state index contributed by atoms with van der Waals surface area (Å²) in [6, 6.07) is 4.94. The molecule has 0 bridgehead atoms. The lowest BCUT2D eigenvalue weighted by Crippen LogP contribution is -2.20. The van der Waals surface area contributed by atoms with Gasteiger partial charge in [0.1, 0.15) is 0 Å². The summed E-state index contributed by atoms with van der Waals surface area (Å²) in [6.45, 7) is 0.167. The highest BCUT2D eigenvalue weighted by Gasteiger charge is 2.29. The van der Waals surface area contributed by atoms with Gasteiger partial charge in [0.05, 0.1) is 11.7 Å². The maximum Gasteiger partial charge on any atom is 0.416 e. The largest absolute Gasteiger partial charge is 0.416 e. The Kier molecular flexibility index (Phi) is 4.32. The van der Waals surface area contributed by atoms with Crippen molar-refractivity contribution in [1.29, 1.82) is 0 Å². The maximum atomic E-state index is 12.2. The number of hydrogen-bond acceptors (Lipinski definition) is 2. The van der Waals surface area contributed by atoms with Crippen LogP contribution < -0.4 is 5.73 Å². The van der Waals surface area contributed by atoms with Gasteiger partial charge < -0.3 is 10.8 Å². The number of aliphatic hydroxyl groups excluding tert-OH is 1. The molecule has 1 unspecified atom stereocenters. The van der Waals surface area contributed by atoms with Crippen LogP contribution in [0.1, 0.15) is 17.5 Å². The molecule has 0 saturated carbocycles. The number of aryl methyl sites for hydroxylation is 1. The summed E-state index contributed by atoms with van der Waals surface area (Å²) in [5.41, 5.74) is 5.33. The zero-order valence-corrected chi connectivity index (χ0v) is 8.67. The van der Waals surface area contributed by atoms with Gasteiger partial charge in [0.2, 0.25) is 0 Å². The Balaban J connectivity index is 2.58. The van der Waals surface area contributed by atoms with Crippen molar-refractivity contribution in [3.05, 3.63) is 35.4 Å². The molecular formula is C11H14F3NO. The van der Waals surface area contributed by atoms with Crippen LogP contribution in [-0.4, -0.2) is 17.8 Å². The fraction of sp³-hybridized carbons (Fsp3) is 0.455. The second-order valence-corrected chi connectivity index (χ2v) is 3.62. The van der Waals surface area contributed by atoms with Crippen LogP contribution in [0.25, 0.3) is 0 Å². The Bertz CT molecular complexity index is 321. The van der Waals surface area contributed by atoms with Crippen LogP contribution in [-0.2, 0) is 12.6 Å². The summed E-state index contributed by atoms with van der Waals surface area (Å²) in [7, 11) is 0. The van der Waals surface area contributed by atoms with E-state index >= 15 is 0 Å². The summed E-state index contributed by atoms with van der Waals surface area (Å²) in [5.74, 6) is 0. The molecule has 0 amide bonds. The van der Waals surface area contributed by atoms with Crippen LogP contribution >= 0.6 is 0 Å². The van der Waals surface area contributed by atoms with Gasteiger partial charge in [0.25, 0.3) is 0 Å². The summed E-state index contributed by atoms with van der Waals surface area (Å²) < 4.78 is 36.7. The maximum absolute atomic E-state index is 12.2. The first-order valence-electron chi connectivity index (χ1n) is 4.97. The molecule has 1 aromatic carbocycles. The molecule has 1 atom stereocenters.